The Hall–Kier alpha value is -3.61. The fraction of sp³-hybridized carbons (Fsp3) is 0.346. The van der Waals surface area contributed by atoms with Crippen LogP contribution in [0.3, 0.4) is 0 Å². The number of nitrogens with zero attached hydrogens (tertiary/aromatic N) is 1. The number of methoxy groups -OCH3 is 2. The molecule has 2 aromatic carbocycles. The van der Waals surface area contributed by atoms with Crippen LogP contribution in [0.25, 0.3) is 0 Å². The maximum absolute atomic E-state index is 13.4. The van der Waals surface area contributed by atoms with Gasteiger partial charge >= 0.3 is 0 Å². The summed E-state index contributed by atoms with van der Waals surface area (Å²) in [5.41, 5.74) is 1.25. The van der Waals surface area contributed by atoms with Crippen molar-refractivity contribution in [3.63, 3.8) is 0 Å². The van der Waals surface area contributed by atoms with Gasteiger partial charge in [0.15, 0.2) is 0 Å². The Morgan fingerprint density at radius 1 is 0.939 bits per heavy atom. The summed E-state index contributed by atoms with van der Waals surface area (Å²) in [4.78, 5) is 41.1. The summed E-state index contributed by atoms with van der Waals surface area (Å²) < 4.78 is 10.6. The molecule has 7 rings (SSSR count). The molecule has 33 heavy (non-hydrogen) atoms. The molecule has 1 heterocycles. The van der Waals surface area contributed by atoms with Crippen LogP contribution in [0.2, 0.25) is 0 Å². The highest BCUT2D eigenvalue weighted by Crippen LogP contribution is 2.65. The molecule has 3 fully saturated rings. The molecule has 2 saturated carbocycles. The minimum Gasteiger partial charge on any atom is -0.497 e. The van der Waals surface area contributed by atoms with E-state index in [4.69, 9.17) is 9.47 Å². The quantitative estimate of drug-likeness (QED) is 0.564. The standard InChI is InChI=1S/C26H24N2O5/c1-32-15-6-9-21(33-2)20(11-15)27-24(29)13-4-3-5-14(10-13)28-25(30)22-16-7-8-17(19-12-18(16)19)23(22)26(28)31/h3-11,16-19,22-23H,12H2,1-2H3,(H,27,29)/t16-,17-,18-,19-,22-,23-/m1/s1. The molecule has 2 bridgehead atoms. The first-order valence-corrected chi connectivity index (χ1v) is 11.2. The summed E-state index contributed by atoms with van der Waals surface area (Å²) in [6.07, 6.45) is 5.43. The number of rotatable bonds is 5. The van der Waals surface area contributed by atoms with E-state index in [2.05, 4.69) is 17.5 Å². The molecule has 0 aromatic heterocycles. The summed E-state index contributed by atoms with van der Waals surface area (Å²) in [6.45, 7) is 0. The minimum atomic E-state index is -0.372. The van der Waals surface area contributed by atoms with Crippen molar-refractivity contribution in [3.05, 3.63) is 60.2 Å². The summed E-state index contributed by atoms with van der Waals surface area (Å²) in [7, 11) is 3.07. The van der Waals surface area contributed by atoms with Crippen LogP contribution in [0.15, 0.2) is 54.6 Å². The predicted octanol–water partition coefficient (Wildman–Crippen LogP) is 3.51. The molecule has 1 aliphatic heterocycles. The highest BCUT2D eigenvalue weighted by atomic mass is 16.5. The van der Waals surface area contributed by atoms with Crippen LogP contribution < -0.4 is 19.7 Å². The van der Waals surface area contributed by atoms with Gasteiger partial charge in [-0.3, -0.25) is 14.4 Å². The lowest BCUT2D eigenvalue weighted by Gasteiger charge is -2.37. The Morgan fingerprint density at radius 2 is 1.64 bits per heavy atom. The molecule has 5 aliphatic rings. The molecule has 0 unspecified atom stereocenters. The summed E-state index contributed by atoms with van der Waals surface area (Å²) in [5, 5.41) is 2.84. The van der Waals surface area contributed by atoms with Crippen molar-refractivity contribution in [1.29, 1.82) is 0 Å². The molecule has 7 nitrogen and oxygen atoms in total. The molecule has 0 spiro atoms. The van der Waals surface area contributed by atoms with Gasteiger partial charge in [0.25, 0.3) is 5.91 Å². The zero-order valence-corrected chi connectivity index (χ0v) is 18.4. The first-order chi connectivity index (χ1) is 16.0. The van der Waals surface area contributed by atoms with Crippen LogP contribution in [0.5, 0.6) is 11.5 Å². The number of allylic oxidation sites excluding steroid dienone is 2. The van der Waals surface area contributed by atoms with Crippen molar-refractivity contribution < 1.29 is 23.9 Å². The van der Waals surface area contributed by atoms with Gasteiger partial charge in [-0.05, 0) is 60.4 Å². The Labute approximate surface area is 191 Å². The largest absolute Gasteiger partial charge is 0.497 e. The van der Waals surface area contributed by atoms with E-state index in [9.17, 15) is 14.4 Å². The average molecular weight is 444 g/mol. The number of anilines is 2. The van der Waals surface area contributed by atoms with Crippen molar-refractivity contribution >= 4 is 29.1 Å². The topological polar surface area (TPSA) is 84.9 Å². The molecular weight excluding hydrogens is 420 g/mol. The number of carbonyl (C=O) groups is 3. The number of ether oxygens (including phenoxy) is 2. The monoisotopic (exact) mass is 444 g/mol. The van der Waals surface area contributed by atoms with Gasteiger partial charge in [0.2, 0.25) is 11.8 Å². The summed E-state index contributed by atoms with van der Waals surface area (Å²) in [5.74, 6) is 1.32. The molecule has 4 aliphatic carbocycles. The van der Waals surface area contributed by atoms with Crippen LogP contribution in [-0.4, -0.2) is 31.9 Å². The molecule has 168 valence electrons. The molecule has 7 heteroatoms. The molecular formula is C26H24N2O5. The third-order valence-electron chi connectivity index (χ3n) is 7.68. The molecule has 1 saturated heterocycles. The number of hydrogen-bond donors (Lipinski definition) is 1. The van der Waals surface area contributed by atoms with Crippen LogP contribution in [0, 0.1) is 35.5 Å². The summed E-state index contributed by atoms with van der Waals surface area (Å²) >= 11 is 0. The SMILES string of the molecule is COc1ccc(OC)c(NC(=O)c2cccc(N3C(=O)[C@@H]4[C@@H]5C=C[C@H]([C@H]6C[C@H]56)[C@H]4C3=O)c2)c1. The zero-order valence-electron chi connectivity index (χ0n) is 18.4. The van der Waals surface area contributed by atoms with E-state index in [1.165, 1.54) is 12.0 Å². The maximum atomic E-state index is 13.4. The third kappa shape index (κ3) is 2.91. The Bertz CT molecular complexity index is 1180. The van der Waals surface area contributed by atoms with Gasteiger partial charge in [-0.2, -0.15) is 0 Å². The van der Waals surface area contributed by atoms with Crippen molar-refractivity contribution in [2.75, 3.05) is 24.4 Å². The first-order valence-electron chi connectivity index (χ1n) is 11.2. The van der Waals surface area contributed by atoms with E-state index in [0.717, 1.165) is 6.42 Å². The third-order valence-corrected chi connectivity index (χ3v) is 7.68. The Kier molecular flexibility index (Phi) is 4.37. The van der Waals surface area contributed by atoms with E-state index in [1.54, 1.807) is 49.6 Å². The maximum Gasteiger partial charge on any atom is 0.255 e. The van der Waals surface area contributed by atoms with Gasteiger partial charge in [0.05, 0.1) is 37.4 Å². The van der Waals surface area contributed by atoms with Crippen LogP contribution in [0.1, 0.15) is 16.8 Å². The van der Waals surface area contributed by atoms with Crippen LogP contribution in [-0.2, 0) is 9.59 Å². The molecule has 0 radical (unpaired) electrons. The predicted molar refractivity (Wildman–Crippen MR) is 121 cm³/mol. The normalized spacial score (nSPS) is 30.7. The number of imide groups is 1. The van der Waals surface area contributed by atoms with E-state index in [0.29, 0.717) is 40.3 Å². The lowest BCUT2D eigenvalue weighted by atomic mass is 9.63. The average Bonchev–Trinajstić information content (AvgIpc) is 3.62. The lowest BCUT2D eigenvalue weighted by Crippen LogP contribution is -2.40. The molecule has 6 atom stereocenters. The summed E-state index contributed by atoms with van der Waals surface area (Å²) in [6, 6.07) is 11.8. The van der Waals surface area contributed by atoms with Gasteiger partial charge in [-0.1, -0.05) is 18.2 Å². The second-order valence-electron chi connectivity index (χ2n) is 9.24. The van der Waals surface area contributed by atoms with Crippen molar-refractivity contribution in [3.8, 4) is 11.5 Å². The van der Waals surface area contributed by atoms with Gasteiger partial charge < -0.3 is 14.8 Å². The lowest BCUT2D eigenvalue weighted by molar-refractivity contribution is -0.124. The van der Waals surface area contributed by atoms with E-state index < -0.39 is 0 Å². The zero-order chi connectivity index (χ0) is 22.9. The van der Waals surface area contributed by atoms with Gasteiger partial charge in [-0.25, -0.2) is 4.90 Å². The van der Waals surface area contributed by atoms with E-state index in [-0.39, 0.29) is 41.4 Å². The Balaban J connectivity index is 1.28. The first kappa shape index (κ1) is 20.0. The molecule has 1 N–H and O–H groups in total. The van der Waals surface area contributed by atoms with Crippen molar-refractivity contribution in [2.24, 2.45) is 35.5 Å². The van der Waals surface area contributed by atoms with Crippen LogP contribution >= 0.6 is 0 Å². The number of hydrogen-bond acceptors (Lipinski definition) is 5. The highest BCUT2D eigenvalue weighted by Gasteiger charge is 2.67. The van der Waals surface area contributed by atoms with Gasteiger partial charge in [0.1, 0.15) is 11.5 Å². The van der Waals surface area contributed by atoms with Crippen molar-refractivity contribution in [1.82, 2.24) is 0 Å². The fourth-order valence-corrected chi connectivity index (χ4v) is 6.10. The number of carbonyl (C=O) groups excluding carboxylic acids is 3. The number of amides is 3. The second-order valence-corrected chi connectivity index (χ2v) is 9.24. The van der Waals surface area contributed by atoms with Crippen LogP contribution in [0.4, 0.5) is 11.4 Å². The van der Waals surface area contributed by atoms with Crippen molar-refractivity contribution in [2.45, 2.75) is 6.42 Å². The highest BCUT2D eigenvalue weighted by molar-refractivity contribution is 6.23. The molecule has 3 amide bonds. The molecule has 2 aromatic rings. The number of nitrogens with one attached hydrogen (secondary N) is 1. The minimum absolute atomic E-state index is 0.137. The number of benzene rings is 2. The smallest absolute Gasteiger partial charge is 0.255 e. The van der Waals surface area contributed by atoms with Gasteiger partial charge in [0, 0.05) is 11.6 Å². The fourth-order valence-electron chi connectivity index (χ4n) is 6.10. The van der Waals surface area contributed by atoms with Gasteiger partial charge in [-0.15, -0.1) is 0 Å². The van der Waals surface area contributed by atoms with E-state index in [1.807, 2.05) is 0 Å². The Morgan fingerprint density at radius 3 is 2.27 bits per heavy atom. The van der Waals surface area contributed by atoms with E-state index >= 15 is 0 Å². The second kappa shape index (κ2) is 7.20.